The van der Waals surface area contributed by atoms with Gasteiger partial charge in [0.05, 0.1) is 15.5 Å². The summed E-state index contributed by atoms with van der Waals surface area (Å²) in [7, 11) is -2.09. The van der Waals surface area contributed by atoms with Crippen molar-refractivity contribution in [1.82, 2.24) is 4.90 Å². The number of carbonyl (C=O) groups is 1. The van der Waals surface area contributed by atoms with Crippen molar-refractivity contribution in [3.05, 3.63) is 94.0 Å². The van der Waals surface area contributed by atoms with Crippen LogP contribution in [0.2, 0.25) is 5.02 Å². The summed E-state index contributed by atoms with van der Waals surface area (Å²) in [6.07, 6.45) is 0. The molecule has 0 heterocycles. The number of aryl methyl sites for hydroxylation is 2. The Hall–Kier alpha value is -2.83. The Bertz CT molecular complexity index is 1180. The largest absolute Gasteiger partial charge is 0.337 e. The first-order valence-corrected chi connectivity index (χ1v) is 11.2. The van der Waals surface area contributed by atoms with Crippen LogP contribution >= 0.6 is 11.6 Å². The van der Waals surface area contributed by atoms with Crippen LogP contribution in [-0.2, 0) is 16.6 Å². The van der Waals surface area contributed by atoms with Gasteiger partial charge in [-0.05, 0) is 49.7 Å². The topological polar surface area (TPSA) is 66.5 Å². The zero-order chi connectivity index (χ0) is 21.9. The number of sulfonamides is 1. The van der Waals surface area contributed by atoms with Crippen LogP contribution in [0.4, 0.5) is 5.69 Å². The first-order chi connectivity index (χ1) is 14.2. The molecule has 0 spiro atoms. The molecular weight excluding hydrogens is 420 g/mol. The molecule has 3 aromatic carbocycles. The minimum absolute atomic E-state index is 0.146. The van der Waals surface area contributed by atoms with E-state index in [-0.39, 0.29) is 27.1 Å². The van der Waals surface area contributed by atoms with Crippen LogP contribution in [0.1, 0.15) is 27.0 Å². The molecule has 30 heavy (non-hydrogen) atoms. The van der Waals surface area contributed by atoms with Crippen molar-refractivity contribution in [2.75, 3.05) is 11.8 Å². The number of carbonyl (C=O) groups excluding carboxylic acids is 1. The van der Waals surface area contributed by atoms with E-state index in [9.17, 15) is 13.2 Å². The molecule has 3 rings (SSSR count). The summed E-state index contributed by atoms with van der Waals surface area (Å²) in [5.74, 6) is -0.294. The van der Waals surface area contributed by atoms with E-state index < -0.39 is 10.0 Å². The van der Waals surface area contributed by atoms with Gasteiger partial charge in [0.25, 0.3) is 15.9 Å². The number of benzene rings is 3. The molecule has 0 aliphatic heterocycles. The van der Waals surface area contributed by atoms with Crippen molar-refractivity contribution in [2.24, 2.45) is 0 Å². The summed E-state index contributed by atoms with van der Waals surface area (Å²) in [4.78, 5) is 14.6. The maximum absolute atomic E-state index is 12.9. The van der Waals surface area contributed by atoms with Gasteiger partial charge in [-0.25, -0.2) is 8.42 Å². The fraction of sp³-hybridized carbons (Fsp3) is 0.174. The summed E-state index contributed by atoms with van der Waals surface area (Å²) in [5, 5.41) is 0.259. The zero-order valence-electron chi connectivity index (χ0n) is 17.0. The molecule has 7 heteroatoms. The van der Waals surface area contributed by atoms with Crippen LogP contribution < -0.4 is 4.72 Å². The molecule has 1 amide bonds. The van der Waals surface area contributed by atoms with Gasteiger partial charge < -0.3 is 4.90 Å². The van der Waals surface area contributed by atoms with Gasteiger partial charge in [0.1, 0.15) is 0 Å². The van der Waals surface area contributed by atoms with Crippen LogP contribution in [0.5, 0.6) is 0 Å². The monoisotopic (exact) mass is 442 g/mol. The number of anilines is 1. The summed E-state index contributed by atoms with van der Waals surface area (Å²) >= 11 is 6.24. The maximum Gasteiger partial charge on any atom is 0.261 e. The normalized spacial score (nSPS) is 11.2. The second-order valence-electron chi connectivity index (χ2n) is 7.26. The zero-order valence-corrected chi connectivity index (χ0v) is 18.6. The number of hydrogen-bond acceptors (Lipinski definition) is 3. The van der Waals surface area contributed by atoms with E-state index in [1.54, 1.807) is 24.1 Å². The molecule has 156 valence electrons. The molecule has 0 fully saturated rings. The Morgan fingerprint density at radius 3 is 2.33 bits per heavy atom. The molecule has 3 aromatic rings. The molecule has 0 atom stereocenters. The first-order valence-electron chi connectivity index (χ1n) is 9.36. The van der Waals surface area contributed by atoms with E-state index in [4.69, 9.17) is 11.6 Å². The number of amides is 1. The van der Waals surface area contributed by atoms with Crippen molar-refractivity contribution in [3.63, 3.8) is 0 Å². The fourth-order valence-electron chi connectivity index (χ4n) is 3.05. The Morgan fingerprint density at radius 2 is 1.67 bits per heavy atom. The number of hydrogen-bond donors (Lipinski definition) is 1. The van der Waals surface area contributed by atoms with Crippen molar-refractivity contribution >= 4 is 33.2 Å². The standard InChI is InChI=1S/C23H23ClN2O3S/c1-16-7-10-20(11-8-16)30(28,29)25-19-9-12-22(24)21(14-19)23(27)26(3)15-18-6-4-5-17(2)13-18/h4-14,25H,15H2,1-3H3. The molecule has 5 nitrogen and oxygen atoms in total. The summed E-state index contributed by atoms with van der Waals surface area (Å²) in [6, 6.07) is 18.9. The highest BCUT2D eigenvalue weighted by molar-refractivity contribution is 7.92. The third kappa shape index (κ3) is 5.20. The van der Waals surface area contributed by atoms with Crippen LogP contribution in [0.25, 0.3) is 0 Å². The van der Waals surface area contributed by atoms with Crippen molar-refractivity contribution in [1.29, 1.82) is 0 Å². The predicted molar refractivity (Wildman–Crippen MR) is 120 cm³/mol. The lowest BCUT2D eigenvalue weighted by atomic mass is 10.1. The van der Waals surface area contributed by atoms with Gasteiger partial charge in [-0.15, -0.1) is 0 Å². The van der Waals surface area contributed by atoms with Gasteiger partial charge in [0.2, 0.25) is 0 Å². The minimum Gasteiger partial charge on any atom is -0.337 e. The van der Waals surface area contributed by atoms with Crippen LogP contribution in [0, 0.1) is 13.8 Å². The Balaban J connectivity index is 1.82. The second kappa shape index (κ2) is 8.90. The molecule has 0 saturated carbocycles. The Kier molecular flexibility index (Phi) is 6.48. The quantitative estimate of drug-likeness (QED) is 0.582. The Morgan fingerprint density at radius 1 is 0.967 bits per heavy atom. The third-order valence-corrected chi connectivity index (χ3v) is 6.36. The van der Waals surface area contributed by atoms with Gasteiger partial charge in [-0.3, -0.25) is 9.52 Å². The maximum atomic E-state index is 12.9. The van der Waals surface area contributed by atoms with Crippen molar-refractivity contribution in [3.8, 4) is 0 Å². The Labute approximate surface area is 182 Å². The number of nitrogens with one attached hydrogen (secondary N) is 1. The van der Waals surface area contributed by atoms with Gasteiger partial charge >= 0.3 is 0 Å². The molecule has 0 aromatic heterocycles. The average molecular weight is 443 g/mol. The van der Waals surface area contributed by atoms with E-state index in [0.29, 0.717) is 6.54 Å². The predicted octanol–water partition coefficient (Wildman–Crippen LogP) is 5.03. The van der Waals surface area contributed by atoms with E-state index in [0.717, 1.165) is 16.7 Å². The number of halogens is 1. The van der Waals surface area contributed by atoms with E-state index in [1.165, 1.54) is 30.3 Å². The number of rotatable bonds is 6. The highest BCUT2D eigenvalue weighted by atomic mass is 35.5. The highest BCUT2D eigenvalue weighted by Crippen LogP contribution is 2.24. The first kappa shape index (κ1) is 21.9. The lowest BCUT2D eigenvalue weighted by molar-refractivity contribution is 0.0785. The van der Waals surface area contributed by atoms with E-state index >= 15 is 0 Å². The van der Waals surface area contributed by atoms with Crippen LogP contribution in [0.15, 0.2) is 71.6 Å². The second-order valence-corrected chi connectivity index (χ2v) is 9.35. The summed E-state index contributed by atoms with van der Waals surface area (Å²) in [6.45, 7) is 4.29. The molecular formula is C23H23ClN2O3S. The molecule has 0 radical (unpaired) electrons. The molecule has 1 N–H and O–H groups in total. The van der Waals surface area contributed by atoms with Gasteiger partial charge in [-0.1, -0.05) is 59.1 Å². The van der Waals surface area contributed by atoms with E-state index in [1.807, 2.05) is 38.1 Å². The summed E-state index contributed by atoms with van der Waals surface area (Å²) in [5.41, 5.74) is 3.57. The van der Waals surface area contributed by atoms with Crippen molar-refractivity contribution < 1.29 is 13.2 Å². The van der Waals surface area contributed by atoms with Gasteiger partial charge in [-0.2, -0.15) is 0 Å². The fourth-order valence-corrected chi connectivity index (χ4v) is 4.29. The van der Waals surface area contributed by atoms with Crippen LogP contribution in [0.3, 0.4) is 0 Å². The lowest BCUT2D eigenvalue weighted by Gasteiger charge is -2.19. The molecule has 0 bridgehead atoms. The third-order valence-electron chi connectivity index (χ3n) is 4.63. The number of nitrogens with zero attached hydrogens (tertiary/aromatic N) is 1. The van der Waals surface area contributed by atoms with Crippen molar-refractivity contribution in [2.45, 2.75) is 25.3 Å². The molecule has 0 unspecified atom stereocenters. The molecule has 0 saturated heterocycles. The lowest BCUT2D eigenvalue weighted by Crippen LogP contribution is -2.26. The average Bonchev–Trinajstić information content (AvgIpc) is 2.69. The summed E-state index contributed by atoms with van der Waals surface area (Å²) < 4.78 is 27.8. The van der Waals surface area contributed by atoms with Gasteiger partial charge in [0, 0.05) is 19.3 Å². The highest BCUT2D eigenvalue weighted by Gasteiger charge is 2.19. The van der Waals surface area contributed by atoms with E-state index in [2.05, 4.69) is 4.72 Å². The minimum atomic E-state index is -3.78. The van der Waals surface area contributed by atoms with Gasteiger partial charge in [0.15, 0.2) is 0 Å². The van der Waals surface area contributed by atoms with Crippen LogP contribution in [-0.4, -0.2) is 26.3 Å². The SMILES string of the molecule is Cc1ccc(S(=O)(=O)Nc2ccc(Cl)c(C(=O)N(C)Cc3cccc(C)c3)c2)cc1. The molecule has 0 aliphatic rings. The smallest absolute Gasteiger partial charge is 0.261 e. The molecule has 0 aliphatic carbocycles.